The monoisotopic (exact) mass is 493 g/mol. The van der Waals surface area contributed by atoms with Crippen LogP contribution >= 0.6 is 22.7 Å². The van der Waals surface area contributed by atoms with Gasteiger partial charge in [0.25, 0.3) is 5.91 Å². The maximum atomic E-state index is 13.3. The molecule has 3 aromatic heterocycles. The van der Waals surface area contributed by atoms with E-state index in [1.807, 2.05) is 49.9 Å². The molecular weight excluding hydrogens is 466 g/mol. The number of hydrogen-bond donors (Lipinski definition) is 0. The minimum Gasteiger partial charge on any atom is -0.497 e. The van der Waals surface area contributed by atoms with Crippen LogP contribution in [0.15, 0.2) is 29.6 Å². The van der Waals surface area contributed by atoms with Gasteiger partial charge in [0.2, 0.25) is 0 Å². The summed E-state index contributed by atoms with van der Waals surface area (Å²) < 4.78 is 5.24. The van der Waals surface area contributed by atoms with E-state index >= 15 is 0 Å². The molecule has 1 saturated heterocycles. The standard InChI is InChI=1S/C25H27N5O2S2/c1-15-21-16(2)26-17(3)27-24(21)34-22(15)25(31)30-11-9-29(10-12-30)13-19-14-33-23(28-19)18-5-7-20(32-4)8-6-18/h5-8,14H,9-13H2,1-4H3. The highest BCUT2D eigenvalue weighted by molar-refractivity contribution is 7.20. The number of aromatic nitrogens is 3. The van der Waals surface area contributed by atoms with Crippen LogP contribution in [0.2, 0.25) is 0 Å². The first-order valence-corrected chi connectivity index (χ1v) is 13.0. The van der Waals surface area contributed by atoms with Crippen molar-refractivity contribution in [1.82, 2.24) is 24.8 Å². The second-order valence-corrected chi connectivity index (χ2v) is 10.4. The Morgan fingerprint density at radius 1 is 1.03 bits per heavy atom. The van der Waals surface area contributed by atoms with Gasteiger partial charge >= 0.3 is 0 Å². The van der Waals surface area contributed by atoms with Crippen molar-refractivity contribution >= 4 is 38.8 Å². The largest absolute Gasteiger partial charge is 0.497 e. The molecule has 0 radical (unpaired) electrons. The first-order valence-electron chi connectivity index (χ1n) is 11.3. The average molecular weight is 494 g/mol. The van der Waals surface area contributed by atoms with Gasteiger partial charge in [-0.05, 0) is 50.6 Å². The molecule has 1 aliphatic heterocycles. The molecule has 0 spiro atoms. The molecule has 7 nitrogen and oxygen atoms in total. The summed E-state index contributed by atoms with van der Waals surface area (Å²) in [6.07, 6.45) is 0. The molecule has 34 heavy (non-hydrogen) atoms. The van der Waals surface area contributed by atoms with Crippen molar-refractivity contribution in [3.8, 4) is 16.3 Å². The van der Waals surface area contributed by atoms with Crippen molar-refractivity contribution in [2.45, 2.75) is 27.3 Å². The summed E-state index contributed by atoms with van der Waals surface area (Å²) in [4.78, 5) is 33.2. The van der Waals surface area contributed by atoms with Crippen LogP contribution in [0.3, 0.4) is 0 Å². The van der Waals surface area contributed by atoms with Crippen LogP contribution in [0.1, 0.15) is 32.4 Å². The molecule has 0 saturated carbocycles. The van der Waals surface area contributed by atoms with Gasteiger partial charge in [-0.1, -0.05) is 0 Å². The molecule has 1 amide bonds. The van der Waals surface area contributed by atoms with Gasteiger partial charge < -0.3 is 9.64 Å². The van der Waals surface area contributed by atoms with E-state index in [9.17, 15) is 4.79 Å². The summed E-state index contributed by atoms with van der Waals surface area (Å²) >= 11 is 3.15. The third-order valence-corrected chi connectivity index (χ3v) is 8.32. The number of methoxy groups -OCH3 is 1. The SMILES string of the molecule is COc1ccc(-c2nc(CN3CCN(C(=O)c4sc5nc(C)nc(C)c5c4C)CC3)cs2)cc1. The Morgan fingerprint density at radius 2 is 1.76 bits per heavy atom. The van der Waals surface area contributed by atoms with E-state index < -0.39 is 0 Å². The van der Waals surface area contributed by atoms with Crippen LogP contribution in [0.4, 0.5) is 0 Å². The Balaban J connectivity index is 1.22. The van der Waals surface area contributed by atoms with Crippen LogP contribution < -0.4 is 4.74 Å². The van der Waals surface area contributed by atoms with Gasteiger partial charge in [0.1, 0.15) is 21.4 Å². The highest BCUT2D eigenvalue weighted by atomic mass is 32.1. The third kappa shape index (κ3) is 4.43. The van der Waals surface area contributed by atoms with Gasteiger partial charge in [0.15, 0.2) is 0 Å². The molecule has 0 unspecified atom stereocenters. The fourth-order valence-electron chi connectivity index (χ4n) is 4.41. The van der Waals surface area contributed by atoms with E-state index in [1.165, 1.54) is 11.3 Å². The molecule has 0 N–H and O–H groups in total. The van der Waals surface area contributed by atoms with Crippen LogP contribution in [0.5, 0.6) is 5.75 Å². The Bertz CT molecular complexity index is 1340. The number of thiophene rings is 1. The lowest BCUT2D eigenvalue weighted by Crippen LogP contribution is -2.48. The highest BCUT2D eigenvalue weighted by Crippen LogP contribution is 2.32. The van der Waals surface area contributed by atoms with E-state index in [0.717, 1.165) is 73.8 Å². The van der Waals surface area contributed by atoms with Crippen molar-refractivity contribution < 1.29 is 9.53 Å². The van der Waals surface area contributed by atoms with E-state index in [1.54, 1.807) is 18.4 Å². The lowest BCUT2D eigenvalue weighted by atomic mass is 10.1. The molecule has 9 heteroatoms. The van der Waals surface area contributed by atoms with E-state index in [-0.39, 0.29) is 5.91 Å². The summed E-state index contributed by atoms with van der Waals surface area (Å²) in [7, 11) is 1.67. The smallest absolute Gasteiger partial charge is 0.264 e. The molecule has 5 rings (SSSR count). The maximum absolute atomic E-state index is 13.3. The summed E-state index contributed by atoms with van der Waals surface area (Å²) in [5, 5.41) is 4.16. The number of nitrogens with zero attached hydrogens (tertiary/aromatic N) is 5. The molecule has 4 heterocycles. The lowest BCUT2D eigenvalue weighted by Gasteiger charge is -2.34. The fourth-order valence-corrected chi connectivity index (χ4v) is 6.47. The summed E-state index contributed by atoms with van der Waals surface area (Å²) in [5.74, 6) is 1.70. The van der Waals surface area contributed by atoms with Crippen LogP contribution in [-0.4, -0.2) is 63.9 Å². The van der Waals surface area contributed by atoms with Crippen molar-refractivity contribution in [2.24, 2.45) is 0 Å². The molecule has 1 aliphatic rings. The van der Waals surface area contributed by atoms with E-state index in [0.29, 0.717) is 13.1 Å². The van der Waals surface area contributed by atoms with Gasteiger partial charge in [-0.15, -0.1) is 22.7 Å². The van der Waals surface area contributed by atoms with Crippen molar-refractivity contribution in [1.29, 1.82) is 0 Å². The number of ether oxygens (including phenoxy) is 1. The molecule has 0 bridgehead atoms. The second-order valence-electron chi connectivity index (χ2n) is 8.53. The number of piperazine rings is 1. The number of thiazole rings is 1. The number of amides is 1. The molecule has 4 aromatic rings. The predicted octanol–water partition coefficient (Wildman–Crippen LogP) is 4.71. The zero-order valence-corrected chi connectivity index (χ0v) is 21.4. The zero-order valence-electron chi connectivity index (χ0n) is 19.8. The predicted molar refractivity (Wildman–Crippen MR) is 137 cm³/mol. The minimum absolute atomic E-state index is 0.104. The van der Waals surface area contributed by atoms with Crippen molar-refractivity contribution in [3.63, 3.8) is 0 Å². The maximum Gasteiger partial charge on any atom is 0.264 e. The Morgan fingerprint density at radius 3 is 2.47 bits per heavy atom. The number of rotatable bonds is 5. The molecule has 0 aliphatic carbocycles. The Kier molecular flexibility index (Phi) is 6.33. The second kappa shape index (κ2) is 9.40. The fraction of sp³-hybridized carbons (Fsp3) is 0.360. The van der Waals surface area contributed by atoms with Crippen molar-refractivity contribution in [2.75, 3.05) is 33.3 Å². The first kappa shape index (κ1) is 22.9. The minimum atomic E-state index is 0.104. The molecule has 1 aromatic carbocycles. The highest BCUT2D eigenvalue weighted by Gasteiger charge is 2.26. The Labute approximate surface area is 207 Å². The summed E-state index contributed by atoms with van der Waals surface area (Å²) in [6.45, 7) is 9.79. The summed E-state index contributed by atoms with van der Waals surface area (Å²) in [6, 6.07) is 7.99. The zero-order chi connectivity index (χ0) is 23.8. The normalized spacial score (nSPS) is 14.6. The van der Waals surface area contributed by atoms with E-state index in [2.05, 4.69) is 20.2 Å². The third-order valence-electron chi connectivity index (χ3n) is 6.21. The number of benzene rings is 1. The Hall–Kier alpha value is -2.88. The van der Waals surface area contributed by atoms with Gasteiger partial charge in [0, 0.05) is 54.7 Å². The number of carbonyl (C=O) groups is 1. The number of carbonyl (C=O) groups excluding carboxylic acids is 1. The van der Waals surface area contributed by atoms with Crippen LogP contribution in [0, 0.1) is 20.8 Å². The van der Waals surface area contributed by atoms with Crippen LogP contribution in [0.25, 0.3) is 20.8 Å². The quantitative estimate of drug-likeness (QED) is 0.401. The van der Waals surface area contributed by atoms with E-state index in [4.69, 9.17) is 9.72 Å². The van der Waals surface area contributed by atoms with Gasteiger partial charge in [-0.25, -0.2) is 15.0 Å². The van der Waals surface area contributed by atoms with Crippen LogP contribution in [-0.2, 0) is 6.54 Å². The molecule has 1 fully saturated rings. The lowest BCUT2D eigenvalue weighted by molar-refractivity contribution is 0.0631. The number of hydrogen-bond acceptors (Lipinski definition) is 8. The molecular formula is C25H27N5O2S2. The first-order chi connectivity index (χ1) is 16.4. The number of aryl methyl sites for hydroxylation is 3. The average Bonchev–Trinajstić information content (AvgIpc) is 3.43. The van der Waals surface area contributed by atoms with Gasteiger partial charge in [-0.3, -0.25) is 9.69 Å². The topological polar surface area (TPSA) is 71.5 Å². The molecule has 0 atom stereocenters. The molecule has 176 valence electrons. The number of fused-ring (bicyclic) bond motifs is 1. The summed E-state index contributed by atoms with van der Waals surface area (Å²) in [5.41, 5.74) is 4.11. The van der Waals surface area contributed by atoms with Gasteiger partial charge in [-0.2, -0.15) is 0 Å². The van der Waals surface area contributed by atoms with Crippen molar-refractivity contribution in [3.05, 3.63) is 57.3 Å². The van der Waals surface area contributed by atoms with Gasteiger partial charge in [0.05, 0.1) is 17.7 Å².